The van der Waals surface area contributed by atoms with Crippen LogP contribution in [0.1, 0.15) is 10.5 Å². The van der Waals surface area contributed by atoms with Gasteiger partial charge in [0.2, 0.25) is 0 Å². The lowest BCUT2D eigenvalue weighted by molar-refractivity contribution is 0.111. The molecule has 2 aromatic heterocycles. The second-order valence-electron chi connectivity index (χ2n) is 3.09. The van der Waals surface area contributed by atoms with Gasteiger partial charge in [-0.1, -0.05) is 0 Å². The van der Waals surface area contributed by atoms with Crippen molar-refractivity contribution in [2.24, 2.45) is 14.1 Å². The van der Waals surface area contributed by atoms with Gasteiger partial charge in [-0.25, -0.2) is 0 Å². The van der Waals surface area contributed by atoms with Crippen LogP contribution in [0.4, 0.5) is 0 Å². The van der Waals surface area contributed by atoms with Gasteiger partial charge in [0.25, 0.3) is 0 Å². The molecule has 0 aliphatic heterocycles. The van der Waals surface area contributed by atoms with Gasteiger partial charge in [0.15, 0.2) is 6.29 Å². The largest absolute Gasteiger partial charge is 0.296 e. The minimum atomic E-state index is 0.568. The third-order valence-corrected chi connectivity index (χ3v) is 2.11. The predicted octanol–water partition coefficient (Wildman–Crippen LogP) is 0.633. The molecule has 14 heavy (non-hydrogen) atoms. The first-order chi connectivity index (χ1) is 6.72. The van der Waals surface area contributed by atoms with E-state index in [2.05, 4.69) is 10.2 Å². The van der Waals surface area contributed by atoms with Crippen molar-refractivity contribution in [2.75, 3.05) is 0 Å². The summed E-state index contributed by atoms with van der Waals surface area (Å²) in [7, 11) is 3.57. The SMILES string of the molecule is Cn1cc(-c2cnn(C)c2C=O)cn1. The maximum Gasteiger partial charge on any atom is 0.168 e. The lowest BCUT2D eigenvalue weighted by Gasteiger charge is -1.94. The van der Waals surface area contributed by atoms with Gasteiger partial charge in [-0.15, -0.1) is 0 Å². The monoisotopic (exact) mass is 190 g/mol. The number of nitrogens with zero attached hydrogens (tertiary/aromatic N) is 4. The summed E-state index contributed by atoms with van der Waals surface area (Å²) in [6.45, 7) is 0. The number of aryl methyl sites for hydroxylation is 2. The summed E-state index contributed by atoms with van der Waals surface area (Å²) in [5.41, 5.74) is 2.29. The zero-order valence-electron chi connectivity index (χ0n) is 8.01. The van der Waals surface area contributed by atoms with Gasteiger partial charge < -0.3 is 0 Å². The number of aromatic nitrogens is 4. The lowest BCUT2D eigenvalue weighted by atomic mass is 10.1. The molecule has 2 heterocycles. The van der Waals surface area contributed by atoms with E-state index in [0.29, 0.717) is 5.69 Å². The molecule has 0 aliphatic rings. The molecule has 0 spiro atoms. The smallest absolute Gasteiger partial charge is 0.168 e. The zero-order valence-corrected chi connectivity index (χ0v) is 8.01. The van der Waals surface area contributed by atoms with Gasteiger partial charge in [-0.05, 0) is 0 Å². The maximum absolute atomic E-state index is 10.8. The van der Waals surface area contributed by atoms with E-state index in [1.807, 2.05) is 13.2 Å². The Balaban J connectivity index is 2.56. The summed E-state index contributed by atoms with van der Waals surface area (Å²) in [6.07, 6.45) is 6.03. The molecule has 0 N–H and O–H groups in total. The summed E-state index contributed by atoms with van der Waals surface area (Å²) in [6, 6.07) is 0. The molecular weight excluding hydrogens is 180 g/mol. The van der Waals surface area contributed by atoms with Gasteiger partial charge in [0.1, 0.15) is 5.69 Å². The highest BCUT2D eigenvalue weighted by Crippen LogP contribution is 2.20. The van der Waals surface area contributed by atoms with Crippen molar-refractivity contribution >= 4 is 6.29 Å². The molecule has 0 aromatic carbocycles. The molecule has 0 unspecified atom stereocenters. The zero-order chi connectivity index (χ0) is 10.1. The van der Waals surface area contributed by atoms with Crippen molar-refractivity contribution in [3.05, 3.63) is 24.3 Å². The topological polar surface area (TPSA) is 52.7 Å². The minimum absolute atomic E-state index is 0.568. The van der Waals surface area contributed by atoms with Crippen LogP contribution in [0.2, 0.25) is 0 Å². The fourth-order valence-corrected chi connectivity index (χ4v) is 1.37. The normalized spacial score (nSPS) is 10.4. The van der Waals surface area contributed by atoms with E-state index < -0.39 is 0 Å². The minimum Gasteiger partial charge on any atom is -0.296 e. The average molecular weight is 190 g/mol. The first kappa shape index (κ1) is 8.68. The predicted molar refractivity (Wildman–Crippen MR) is 50.8 cm³/mol. The summed E-state index contributed by atoms with van der Waals surface area (Å²) in [4.78, 5) is 10.8. The maximum atomic E-state index is 10.8. The third kappa shape index (κ3) is 1.22. The van der Waals surface area contributed by atoms with E-state index in [9.17, 15) is 4.79 Å². The van der Waals surface area contributed by atoms with Crippen LogP contribution < -0.4 is 0 Å². The Morgan fingerprint density at radius 3 is 2.64 bits per heavy atom. The van der Waals surface area contributed by atoms with Crippen LogP contribution in [0, 0.1) is 0 Å². The number of carbonyl (C=O) groups excluding carboxylic acids is 1. The van der Waals surface area contributed by atoms with E-state index in [1.54, 1.807) is 28.8 Å². The van der Waals surface area contributed by atoms with Crippen molar-refractivity contribution in [2.45, 2.75) is 0 Å². The quantitative estimate of drug-likeness (QED) is 0.653. The highest BCUT2D eigenvalue weighted by Gasteiger charge is 2.10. The molecule has 2 rings (SSSR count). The fourth-order valence-electron chi connectivity index (χ4n) is 1.37. The van der Waals surface area contributed by atoms with Crippen molar-refractivity contribution in [1.82, 2.24) is 19.6 Å². The number of aldehydes is 1. The van der Waals surface area contributed by atoms with Crippen LogP contribution in [0.25, 0.3) is 11.1 Å². The number of carbonyl (C=O) groups is 1. The van der Waals surface area contributed by atoms with Gasteiger partial charge in [-0.2, -0.15) is 10.2 Å². The Bertz CT molecular complexity index is 469. The van der Waals surface area contributed by atoms with Crippen LogP contribution in [-0.4, -0.2) is 25.8 Å². The first-order valence-electron chi connectivity index (χ1n) is 4.18. The van der Waals surface area contributed by atoms with Crippen LogP contribution in [0.15, 0.2) is 18.6 Å². The van der Waals surface area contributed by atoms with Crippen LogP contribution in [0.3, 0.4) is 0 Å². The van der Waals surface area contributed by atoms with Crippen molar-refractivity contribution in [1.29, 1.82) is 0 Å². The summed E-state index contributed by atoms with van der Waals surface area (Å²) >= 11 is 0. The van der Waals surface area contributed by atoms with Crippen molar-refractivity contribution < 1.29 is 4.79 Å². The Labute approximate surface area is 81.0 Å². The summed E-state index contributed by atoms with van der Waals surface area (Å²) in [5, 5.41) is 8.06. The van der Waals surface area contributed by atoms with Crippen molar-refractivity contribution in [3.63, 3.8) is 0 Å². The highest BCUT2D eigenvalue weighted by atomic mass is 16.1. The summed E-state index contributed by atoms with van der Waals surface area (Å²) in [5.74, 6) is 0. The standard InChI is InChI=1S/C9H10N4O/c1-12-5-7(3-10-12)8-4-11-13(2)9(8)6-14/h3-6H,1-2H3. The van der Waals surface area contributed by atoms with Crippen LogP contribution in [-0.2, 0) is 14.1 Å². The van der Waals surface area contributed by atoms with Gasteiger partial charge in [0.05, 0.1) is 12.4 Å². The fraction of sp³-hybridized carbons (Fsp3) is 0.222. The summed E-state index contributed by atoms with van der Waals surface area (Å²) < 4.78 is 3.24. The molecule has 5 nitrogen and oxygen atoms in total. The molecule has 0 amide bonds. The molecule has 0 saturated carbocycles. The molecule has 0 fully saturated rings. The van der Waals surface area contributed by atoms with E-state index >= 15 is 0 Å². The van der Waals surface area contributed by atoms with Crippen molar-refractivity contribution in [3.8, 4) is 11.1 Å². The van der Waals surface area contributed by atoms with Crippen LogP contribution in [0.5, 0.6) is 0 Å². The Hall–Kier alpha value is -1.91. The van der Waals surface area contributed by atoms with Gasteiger partial charge in [-0.3, -0.25) is 14.2 Å². The molecule has 2 aromatic rings. The second-order valence-corrected chi connectivity index (χ2v) is 3.09. The molecule has 0 bridgehead atoms. The Morgan fingerprint density at radius 1 is 1.29 bits per heavy atom. The Kier molecular flexibility index (Phi) is 1.92. The molecule has 5 heteroatoms. The molecule has 72 valence electrons. The molecular formula is C9H10N4O. The van der Waals surface area contributed by atoms with Gasteiger partial charge >= 0.3 is 0 Å². The molecule has 0 aliphatic carbocycles. The molecule has 0 atom stereocenters. The lowest BCUT2D eigenvalue weighted by Crippen LogP contribution is -1.96. The van der Waals surface area contributed by atoms with Gasteiger partial charge in [0, 0.05) is 31.4 Å². The number of hydrogen-bond donors (Lipinski definition) is 0. The third-order valence-electron chi connectivity index (χ3n) is 2.11. The van der Waals surface area contributed by atoms with E-state index in [1.165, 1.54) is 0 Å². The Morgan fingerprint density at radius 2 is 2.07 bits per heavy atom. The van der Waals surface area contributed by atoms with Crippen LogP contribution >= 0.6 is 0 Å². The van der Waals surface area contributed by atoms with E-state index in [4.69, 9.17) is 0 Å². The van der Waals surface area contributed by atoms with E-state index in [-0.39, 0.29) is 0 Å². The first-order valence-corrected chi connectivity index (χ1v) is 4.18. The number of rotatable bonds is 2. The second kappa shape index (κ2) is 3.10. The van der Waals surface area contributed by atoms with E-state index in [0.717, 1.165) is 17.4 Å². The molecule has 0 saturated heterocycles. The average Bonchev–Trinajstić information content (AvgIpc) is 2.71. The highest BCUT2D eigenvalue weighted by molar-refractivity contribution is 5.84. The number of hydrogen-bond acceptors (Lipinski definition) is 3. The molecule has 0 radical (unpaired) electrons.